The van der Waals surface area contributed by atoms with Gasteiger partial charge in [-0.3, -0.25) is 4.98 Å². The topological polar surface area (TPSA) is 16.8 Å². The molecule has 0 fully saturated rings. The summed E-state index contributed by atoms with van der Waals surface area (Å²) in [6.07, 6.45) is 4.06. The number of fused-ring (bicyclic) bond motifs is 3. The molecule has 2 nitrogen and oxygen atoms in total. The Morgan fingerprint density at radius 2 is 1.79 bits per heavy atom. The van der Waals surface area contributed by atoms with Crippen LogP contribution in [0.25, 0.3) is 22.4 Å². The SMILES string of the molecule is Cc1cc[n+](C)c(-c2c(C)ccc3c2C(C)(C)c2ncccc2-3)c1. The lowest BCUT2D eigenvalue weighted by atomic mass is 9.80. The molecule has 0 radical (unpaired) electrons. The van der Waals surface area contributed by atoms with Gasteiger partial charge in [-0.05, 0) is 42.2 Å². The number of hydrogen-bond acceptors (Lipinski definition) is 1. The summed E-state index contributed by atoms with van der Waals surface area (Å²) in [6, 6.07) is 13.2. The third kappa shape index (κ3) is 1.96. The third-order valence-corrected chi connectivity index (χ3v) is 5.29. The first-order valence-corrected chi connectivity index (χ1v) is 8.48. The molecule has 2 aromatic heterocycles. The van der Waals surface area contributed by atoms with Gasteiger partial charge in [-0.15, -0.1) is 0 Å². The highest BCUT2D eigenvalue weighted by Gasteiger charge is 2.40. The third-order valence-electron chi connectivity index (χ3n) is 5.29. The van der Waals surface area contributed by atoms with Gasteiger partial charge >= 0.3 is 0 Å². The van der Waals surface area contributed by atoms with Crippen LogP contribution in [-0.4, -0.2) is 4.98 Å². The van der Waals surface area contributed by atoms with Crippen LogP contribution in [0.3, 0.4) is 0 Å². The molecule has 0 saturated carbocycles. The molecule has 0 saturated heterocycles. The van der Waals surface area contributed by atoms with Crippen molar-refractivity contribution in [3.05, 3.63) is 71.2 Å². The van der Waals surface area contributed by atoms with Crippen LogP contribution in [-0.2, 0) is 12.5 Å². The van der Waals surface area contributed by atoms with Gasteiger partial charge in [0.15, 0.2) is 6.20 Å². The van der Waals surface area contributed by atoms with Crippen molar-refractivity contribution >= 4 is 0 Å². The highest BCUT2D eigenvalue weighted by molar-refractivity contribution is 5.87. The molecule has 2 heterocycles. The lowest BCUT2D eigenvalue weighted by Crippen LogP contribution is -2.32. The Morgan fingerprint density at radius 1 is 1.00 bits per heavy atom. The standard InChI is InChI=1S/C22H23N2/c1-14-10-12-24(5)18(13-14)19-15(2)8-9-16-17-7-6-11-23-21(17)22(3,4)20(16)19/h6-13H,1-5H3/q+1. The number of aromatic nitrogens is 2. The molecule has 0 atom stereocenters. The fraction of sp³-hybridized carbons (Fsp3) is 0.273. The first kappa shape index (κ1) is 15.1. The van der Waals surface area contributed by atoms with E-state index in [1.807, 2.05) is 12.3 Å². The van der Waals surface area contributed by atoms with Gasteiger partial charge in [-0.1, -0.05) is 32.0 Å². The molecular formula is C22H23N2+. The summed E-state index contributed by atoms with van der Waals surface area (Å²) in [6.45, 7) is 8.96. The summed E-state index contributed by atoms with van der Waals surface area (Å²) in [5.74, 6) is 0. The van der Waals surface area contributed by atoms with Crippen molar-refractivity contribution in [1.82, 2.24) is 4.98 Å². The van der Waals surface area contributed by atoms with E-state index in [9.17, 15) is 0 Å². The fourth-order valence-corrected chi connectivity index (χ4v) is 4.07. The molecule has 24 heavy (non-hydrogen) atoms. The molecule has 0 amide bonds. The summed E-state index contributed by atoms with van der Waals surface area (Å²) in [5.41, 5.74) is 10.3. The molecule has 3 aromatic rings. The highest BCUT2D eigenvalue weighted by Crippen LogP contribution is 2.51. The van der Waals surface area contributed by atoms with Crippen LogP contribution < -0.4 is 4.57 Å². The van der Waals surface area contributed by atoms with Crippen LogP contribution in [0.1, 0.15) is 36.2 Å². The van der Waals surface area contributed by atoms with Crippen molar-refractivity contribution in [2.24, 2.45) is 7.05 Å². The Bertz CT molecular complexity index is 968. The first-order valence-electron chi connectivity index (χ1n) is 8.48. The van der Waals surface area contributed by atoms with Crippen molar-refractivity contribution < 1.29 is 4.57 Å². The van der Waals surface area contributed by atoms with Crippen molar-refractivity contribution in [3.63, 3.8) is 0 Å². The molecule has 1 aromatic carbocycles. The average molecular weight is 315 g/mol. The van der Waals surface area contributed by atoms with Crippen molar-refractivity contribution in [2.45, 2.75) is 33.1 Å². The van der Waals surface area contributed by atoms with Crippen LogP contribution >= 0.6 is 0 Å². The zero-order valence-corrected chi connectivity index (χ0v) is 15.0. The predicted molar refractivity (Wildman–Crippen MR) is 97.9 cm³/mol. The zero-order chi connectivity index (χ0) is 17.1. The molecule has 0 spiro atoms. The van der Waals surface area contributed by atoms with E-state index in [1.54, 1.807) is 0 Å². The number of benzene rings is 1. The Morgan fingerprint density at radius 3 is 2.58 bits per heavy atom. The van der Waals surface area contributed by atoms with Crippen LogP contribution in [0.2, 0.25) is 0 Å². The lowest BCUT2D eigenvalue weighted by molar-refractivity contribution is -0.660. The summed E-state index contributed by atoms with van der Waals surface area (Å²) < 4.78 is 2.22. The number of pyridine rings is 2. The quantitative estimate of drug-likeness (QED) is 0.604. The minimum atomic E-state index is -0.0932. The molecule has 0 bridgehead atoms. The van der Waals surface area contributed by atoms with Crippen LogP contribution in [0.5, 0.6) is 0 Å². The van der Waals surface area contributed by atoms with Gasteiger partial charge in [-0.25, -0.2) is 4.57 Å². The van der Waals surface area contributed by atoms with E-state index in [-0.39, 0.29) is 5.41 Å². The first-order chi connectivity index (χ1) is 11.4. The van der Waals surface area contributed by atoms with Crippen molar-refractivity contribution in [1.29, 1.82) is 0 Å². The molecule has 0 unspecified atom stereocenters. The molecule has 0 aliphatic heterocycles. The molecule has 120 valence electrons. The lowest BCUT2D eigenvalue weighted by Gasteiger charge is -2.23. The Labute approximate surface area is 143 Å². The maximum absolute atomic E-state index is 4.72. The Kier molecular flexibility index (Phi) is 3.14. The van der Waals surface area contributed by atoms with E-state index in [0.717, 1.165) is 0 Å². The van der Waals surface area contributed by atoms with Gasteiger partial charge in [-0.2, -0.15) is 0 Å². The Hall–Kier alpha value is -2.48. The van der Waals surface area contributed by atoms with E-state index in [0.29, 0.717) is 0 Å². The van der Waals surface area contributed by atoms with Gasteiger partial charge < -0.3 is 0 Å². The summed E-state index contributed by atoms with van der Waals surface area (Å²) in [4.78, 5) is 4.72. The molecule has 4 rings (SSSR count). The average Bonchev–Trinajstić information content (AvgIpc) is 2.79. The number of rotatable bonds is 1. The van der Waals surface area contributed by atoms with Gasteiger partial charge in [0.1, 0.15) is 7.05 Å². The summed E-state index contributed by atoms with van der Waals surface area (Å²) in [7, 11) is 2.13. The molecule has 0 N–H and O–H groups in total. The highest BCUT2D eigenvalue weighted by atomic mass is 14.9. The van der Waals surface area contributed by atoms with Crippen molar-refractivity contribution in [2.75, 3.05) is 0 Å². The van der Waals surface area contributed by atoms with E-state index < -0.39 is 0 Å². The number of aryl methyl sites for hydroxylation is 3. The molecule has 2 heteroatoms. The second-order valence-corrected chi connectivity index (χ2v) is 7.40. The maximum atomic E-state index is 4.72. The van der Waals surface area contributed by atoms with Gasteiger partial charge in [0.2, 0.25) is 5.69 Å². The summed E-state index contributed by atoms with van der Waals surface area (Å²) in [5, 5.41) is 0. The monoisotopic (exact) mass is 315 g/mol. The minimum absolute atomic E-state index is 0.0932. The van der Waals surface area contributed by atoms with Crippen molar-refractivity contribution in [3.8, 4) is 22.4 Å². The predicted octanol–water partition coefficient (Wildman–Crippen LogP) is 4.50. The second kappa shape index (κ2) is 5.01. The largest absolute Gasteiger partial charge is 0.260 e. The van der Waals surface area contributed by atoms with Crippen LogP contribution in [0, 0.1) is 13.8 Å². The number of nitrogens with zero attached hydrogens (tertiary/aromatic N) is 2. The maximum Gasteiger partial charge on any atom is 0.213 e. The molecule has 1 aliphatic carbocycles. The van der Waals surface area contributed by atoms with E-state index >= 15 is 0 Å². The van der Waals surface area contributed by atoms with Gasteiger partial charge in [0.25, 0.3) is 0 Å². The Balaban J connectivity index is 2.12. The second-order valence-electron chi connectivity index (χ2n) is 7.40. The number of hydrogen-bond donors (Lipinski definition) is 0. The van der Waals surface area contributed by atoms with E-state index in [1.165, 1.54) is 44.8 Å². The van der Waals surface area contributed by atoms with E-state index in [2.05, 4.69) is 75.8 Å². The minimum Gasteiger partial charge on any atom is -0.260 e. The normalized spacial score (nSPS) is 14.4. The smallest absolute Gasteiger partial charge is 0.213 e. The van der Waals surface area contributed by atoms with Gasteiger partial charge in [0, 0.05) is 29.3 Å². The fourth-order valence-electron chi connectivity index (χ4n) is 4.07. The molecular weight excluding hydrogens is 292 g/mol. The van der Waals surface area contributed by atoms with Crippen LogP contribution in [0.15, 0.2) is 48.8 Å². The molecule has 1 aliphatic rings. The van der Waals surface area contributed by atoms with Crippen LogP contribution in [0.4, 0.5) is 0 Å². The zero-order valence-electron chi connectivity index (χ0n) is 15.0. The van der Waals surface area contributed by atoms with Gasteiger partial charge in [0.05, 0.1) is 11.3 Å². The summed E-state index contributed by atoms with van der Waals surface area (Å²) >= 11 is 0. The van der Waals surface area contributed by atoms with E-state index in [4.69, 9.17) is 4.98 Å².